The lowest BCUT2D eigenvalue weighted by molar-refractivity contribution is 0.290. The van der Waals surface area contributed by atoms with Gasteiger partial charge in [-0.2, -0.15) is 5.26 Å². The Balaban J connectivity index is 1.63. The van der Waals surface area contributed by atoms with Crippen LogP contribution in [0.25, 0.3) is 0 Å². The molecular weight excluding hydrogens is 300 g/mol. The van der Waals surface area contributed by atoms with Gasteiger partial charge in [-0.3, -0.25) is 0 Å². The van der Waals surface area contributed by atoms with Gasteiger partial charge in [0.15, 0.2) is 5.69 Å². The van der Waals surface area contributed by atoms with Crippen LogP contribution in [0, 0.1) is 11.3 Å². The van der Waals surface area contributed by atoms with Crippen LogP contribution >= 0.6 is 0 Å². The molecule has 24 heavy (non-hydrogen) atoms. The molecule has 0 N–H and O–H groups in total. The molecule has 0 amide bonds. The highest BCUT2D eigenvalue weighted by Gasteiger charge is 2.13. The average Bonchev–Trinajstić information content (AvgIpc) is 3.04. The fraction of sp³-hybridized carbons (Fsp3) is 0.211. The van der Waals surface area contributed by atoms with Crippen molar-refractivity contribution in [2.24, 2.45) is 0 Å². The van der Waals surface area contributed by atoms with Gasteiger partial charge in [-0.05, 0) is 30.5 Å². The van der Waals surface area contributed by atoms with Crippen molar-refractivity contribution in [3.8, 4) is 11.8 Å². The van der Waals surface area contributed by atoms with Gasteiger partial charge in [0.1, 0.15) is 24.1 Å². The highest BCUT2D eigenvalue weighted by atomic mass is 16.5. The maximum absolute atomic E-state index is 9.21. The summed E-state index contributed by atoms with van der Waals surface area (Å²) in [6.07, 6.45) is 1.89. The maximum atomic E-state index is 9.21. The van der Waals surface area contributed by atoms with Crippen LogP contribution in [-0.2, 0) is 19.6 Å². The number of rotatable bonds is 7. The molecule has 2 aromatic carbocycles. The molecule has 1 heterocycles. The smallest absolute Gasteiger partial charge is 0.189 e. The van der Waals surface area contributed by atoms with E-state index in [2.05, 4.69) is 28.5 Å². The van der Waals surface area contributed by atoms with E-state index in [9.17, 15) is 5.26 Å². The van der Waals surface area contributed by atoms with E-state index >= 15 is 0 Å². The highest BCUT2D eigenvalue weighted by molar-refractivity contribution is 5.26. The van der Waals surface area contributed by atoms with E-state index in [1.807, 2.05) is 48.5 Å². The van der Waals surface area contributed by atoms with Crippen LogP contribution in [0.15, 0.2) is 60.7 Å². The zero-order valence-corrected chi connectivity index (χ0v) is 13.3. The summed E-state index contributed by atoms with van der Waals surface area (Å²) in [5.74, 6) is 0.762. The molecule has 0 spiro atoms. The Labute approximate surface area is 141 Å². The Morgan fingerprint density at radius 1 is 1.00 bits per heavy atom. The lowest BCUT2D eigenvalue weighted by Crippen LogP contribution is -2.09. The third-order valence-corrected chi connectivity index (χ3v) is 3.74. The number of ether oxygens (including phenoxy) is 1. The molecule has 0 saturated heterocycles. The molecule has 0 saturated carbocycles. The molecule has 3 aromatic rings. The Morgan fingerprint density at radius 2 is 1.71 bits per heavy atom. The number of aromatic nitrogens is 3. The van der Waals surface area contributed by atoms with Crippen molar-refractivity contribution < 1.29 is 4.74 Å². The monoisotopic (exact) mass is 318 g/mol. The molecule has 0 radical (unpaired) electrons. The molecule has 0 bridgehead atoms. The standard InChI is InChI=1S/C19H18N4O/c20-14-18-19(15-24-17-11-5-2-6-12-17)23(22-21-18)13-7-10-16-8-3-1-4-9-16/h1-6,8-9,11-12H,7,10,13,15H2. The van der Waals surface area contributed by atoms with Crippen molar-refractivity contribution >= 4 is 0 Å². The van der Waals surface area contributed by atoms with E-state index < -0.39 is 0 Å². The number of nitrogens with zero attached hydrogens (tertiary/aromatic N) is 4. The van der Waals surface area contributed by atoms with Gasteiger partial charge < -0.3 is 4.74 Å². The lowest BCUT2D eigenvalue weighted by Gasteiger charge is -2.09. The van der Waals surface area contributed by atoms with Gasteiger partial charge in [0, 0.05) is 6.54 Å². The quantitative estimate of drug-likeness (QED) is 0.670. The maximum Gasteiger partial charge on any atom is 0.189 e. The Bertz CT molecular complexity index is 806. The molecule has 0 aliphatic rings. The van der Waals surface area contributed by atoms with Gasteiger partial charge in [-0.25, -0.2) is 4.68 Å². The molecule has 0 unspecified atom stereocenters. The Hall–Kier alpha value is -3.13. The van der Waals surface area contributed by atoms with Gasteiger partial charge >= 0.3 is 0 Å². The summed E-state index contributed by atoms with van der Waals surface area (Å²) in [6.45, 7) is 0.988. The molecule has 5 nitrogen and oxygen atoms in total. The fourth-order valence-electron chi connectivity index (χ4n) is 2.49. The number of benzene rings is 2. The van der Waals surface area contributed by atoms with Gasteiger partial charge in [-0.1, -0.05) is 53.7 Å². The molecule has 0 aliphatic carbocycles. The lowest BCUT2D eigenvalue weighted by atomic mass is 10.1. The number of aryl methyl sites for hydroxylation is 2. The van der Waals surface area contributed by atoms with Crippen LogP contribution in [-0.4, -0.2) is 15.0 Å². The summed E-state index contributed by atoms with van der Waals surface area (Å²) in [4.78, 5) is 0. The van der Waals surface area contributed by atoms with E-state index in [-0.39, 0.29) is 6.61 Å². The molecule has 1 aromatic heterocycles. The van der Waals surface area contributed by atoms with Crippen molar-refractivity contribution in [3.05, 3.63) is 77.6 Å². The minimum Gasteiger partial charge on any atom is -0.487 e. The fourth-order valence-corrected chi connectivity index (χ4v) is 2.49. The normalized spacial score (nSPS) is 10.3. The first kappa shape index (κ1) is 15.8. The zero-order chi connectivity index (χ0) is 16.6. The van der Waals surface area contributed by atoms with E-state index in [1.165, 1.54) is 5.56 Å². The minimum absolute atomic E-state index is 0.283. The highest BCUT2D eigenvalue weighted by Crippen LogP contribution is 2.14. The predicted octanol–water partition coefficient (Wildman–Crippen LogP) is 3.36. The van der Waals surface area contributed by atoms with Crippen LogP contribution in [0.2, 0.25) is 0 Å². The topological polar surface area (TPSA) is 63.7 Å². The third kappa shape index (κ3) is 3.99. The van der Waals surface area contributed by atoms with Crippen molar-refractivity contribution in [3.63, 3.8) is 0 Å². The van der Waals surface area contributed by atoms with Gasteiger partial charge in [-0.15, -0.1) is 5.10 Å². The van der Waals surface area contributed by atoms with Crippen molar-refractivity contribution in [2.75, 3.05) is 0 Å². The van der Waals surface area contributed by atoms with E-state index in [4.69, 9.17) is 4.74 Å². The second-order valence-corrected chi connectivity index (χ2v) is 5.41. The molecule has 5 heteroatoms. The second-order valence-electron chi connectivity index (χ2n) is 5.41. The van der Waals surface area contributed by atoms with Crippen LogP contribution < -0.4 is 4.74 Å². The van der Waals surface area contributed by atoms with Crippen LogP contribution in [0.3, 0.4) is 0 Å². The first-order valence-electron chi connectivity index (χ1n) is 7.91. The summed E-state index contributed by atoms with van der Waals surface area (Å²) in [7, 11) is 0. The number of hydrogen-bond donors (Lipinski definition) is 0. The van der Waals surface area contributed by atoms with Gasteiger partial charge in [0.05, 0.1) is 0 Å². The third-order valence-electron chi connectivity index (χ3n) is 3.74. The van der Waals surface area contributed by atoms with E-state index in [0.717, 1.165) is 24.3 Å². The predicted molar refractivity (Wildman–Crippen MR) is 90.3 cm³/mol. The van der Waals surface area contributed by atoms with Gasteiger partial charge in [0.2, 0.25) is 0 Å². The molecule has 0 aliphatic heterocycles. The summed E-state index contributed by atoms with van der Waals surface area (Å²) in [5, 5.41) is 17.3. The van der Waals surface area contributed by atoms with Crippen molar-refractivity contribution in [2.45, 2.75) is 26.0 Å². The minimum atomic E-state index is 0.283. The zero-order valence-electron chi connectivity index (χ0n) is 13.3. The average molecular weight is 318 g/mol. The number of nitriles is 1. The molecule has 0 fully saturated rings. The number of para-hydroxylation sites is 1. The van der Waals surface area contributed by atoms with Crippen molar-refractivity contribution in [1.82, 2.24) is 15.0 Å². The molecule has 120 valence electrons. The van der Waals surface area contributed by atoms with Crippen molar-refractivity contribution in [1.29, 1.82) is 5.26 Å². The van der Waals surface area contributed by atoms with E-state index in [0.29, 0.717) is 12.2 Å². The summed E-state index contributed by atoms with van der Waals surface area (Å²) >= 11 is 0. The Morgan fingerprint density at radius 3 is 2.42 bits per heavy atom. The van der Waals surface area contributed by atoms with E-state index in [1.54, 1.807) is 4.68 Å². The molecule has 0 atom stereocenters. The van der Waals surface area contributed by atoms with Crippen LogP contribution in [0.5, 0.6) is 5.75 Å². The summed E-state index contributed by atoms with van der Waals surface area (Å²) < 4.78 is 7.51. The first-order valence-corrected chi connectivity index (χ1v) is 7.91. The SMILES string of the molecule is N#Cc1nnn(CCCc2ccccc2)c1COc1ccccc1. The largest absolute Gasteiger partial charge is 0.487 e. The second kappa shape index (κ2) is 7.93. The van der Waals surface area contributed by atoms with Crippen LogP contribution in [0.4, 0.5) is 0 Å². The van der Waals surface area contributed by atoms with Gasteiger partial charge in [0.25, 0.3) is 0 Å². The molecular formula is C19H18N4O. The first-order chi connectivity index (χ1) is 11.9. The molecule has 3 rings (SSSR count). The summed E-state index contributed by atoms with van der Waals surface area (Å²) in [6, 6.07) is 21.9. The van der Waals surface area contributed by atoms with Crippen LogP contribution in [0.1, 0.15) is 23.4 Å². The Kier molecular flexibility index (Phi) is 5.21. The summed E-state index contributed by atoms with van der Waals surface area (Å²) in [5.41, 5.74) is 2.33. The number of hydrogen-bond acceptors (Lipinski definition) is 4.